The van der Waals surface area contributed by atoms with Gasteiger partial charge in [-0.1, -0.05) is 81.4 Å². The average Bonchev–Trinajstić information content (AvgIpc) is 3.16. The summed E-state index contributed by atoms with van der Waals surface area (Å²) >= 11 is 0. The Morgan fingerprint density at radius 3 is 1.79 bits per heavy atom. The van der Waals surface area contributed by atoms with Crippen LogP contribution in [0.5, 0.6) is 0 Å². The number of rotatable bonds is 2. The Morgan fingerprint density at radius 1 is 0.737 bits per heavy atom. The zero-order valence-corrected chi connectivity index (χ0v) is 12.6. The van der Waals surface area contributed by atoms with Gasteiger partial charge in [-0.25, -0.2) is 0 Å². The van der Waals surface area contributed by atoms with Gasteiger partial charge in [-0.3, -0.25) is 0 Å². The van der Waals surface area contributed by atoms with E-state index in [2.05, 4.69) is 81.4 Å². The molecule has 1 aliphatic rings. The highest BCUT2D eigenvalue weighted by atomic mass is 31.1. The van der Waals surface area contributed by atoms with Crippen LogP contribution >= 0.6 is 7.92 Å². The molecule has 1 heteroatoms. The largest absolute Gasteiger partial charge is 0.0622 e. The van der Waals surface area contributed by atoms with Gasteiger partial charge in [0.2, 0.25) is 0 Å². The Morgan fingerprint density at radius 2 is 1.26 bits per heavy atom. The number of hydrogen-bond donors (Lipinski definition) is 0. The van der Waals surface area contributed by atoms with Crippen LogP contribution in [0.4, 0.5) is 0 Å². The molecular formula is C18H19P. The quantitative estimate of drug-likeness (QED) is 0.653. The van der Waals surface area contributed by atoms with Crippen molar-refractivity contribution in [1.29, 1.82) is 0 Å². The van der Waals surface area contributed by atoms with Crippen molar-refractivity contribution in [3.63, 3.8) is 0 Å². The van der Waals surface area contributed by atoms with Crippen molar-refractivity contribution in [1.82, 2.24) is 0 Å². The topological polar surface area (TPSA) is 0 Å². The van der Waals surface area contributed by atoms with Crippen molar-refractivity contribution in [3.05, 3.63) is 71.5 Å². The third kappa shape index (κ3) is 2.38. The fourth-order valence-corrected chi connectivity index (χ4v) is 5.56. The SMILES string of the molecule is CC(C)(C)C1=C(c2ccccc2)P1c1ccccc1. The molecule has 0 saturated carbocycles. The fraction of sp³-hybridized carbons (Fsp3) is 0.222. The molecule has 0 aliphatic carbocycles. The summed E-state index contributed by atoms with van der Waals surface area (Å²) in [5, 5.41) is 4.73. The molecule has 0 aromatic heterocycles. The first-order valence-electron chi connectivity index (χ1n) is 6.74. The maximum atomic E-state index is 2.33. The minimum atomic E-state index is -0.203. The summed E-state index contributed by atoms with van der Waals surface area (Å²) in [4.78, 5) is 0. The molecule has 0 amide bonds. The lowest BCUT2D eigenvalue weighted by molar-refractivity contribution is 0.540. The molecule has 0 radical (unpaired) electrons. The van der Waals surface area contributed by atoms with E-state index in [1.165, 1.54) is 10.9 Å². The number of benzene rings is 2. The zero-order chi connectivity index (χ0) is 13.5. The first kappa shape index (κ1) is 12.6. The first-order valence-corrected chi connectivity index (χ1v) is 8.08. The second-order valence-electron chi connectivity index (χ2n) is 5.98. The average molecular weight is 266 g/mol. The Bertz CT molecular complexity index is 603. The molecular weight excluding hydrogens is 247 g/mol. The maximum Gasteiger partial charge on any atom is -0.00327 e. The van der Waals surface area contributed by atoms with Gasteiger partial charge in [-0.05, 0) is 34.8 Å². The highest BCUT2D eigenvalue weighted by molar-refractivity contribution is 7.87. The van der Waals surface area contributed by atoms with Crippen LogP contribution in [0.25, 0.3) is 5.31 Å². The predicted molar refractivity (Wildman–Crippen MR) is 85.8 cm³/mol. The predicted octanol–water partition coefficient (Wildman–Crippen LogP) is 5.22. The van der Waals surface area contributed by atoms with E-state index >= 15 is 0 Å². The van der Waals surface area contributed by atoms with Crippen molar-refractivity contribution >= 4 is 18.5 Å². The Hall–Kier alpha value is -1.39. The number of allylic oxidation sites excluding steroid dienone is 1. The van der Waals surface area contributed by atoms with Crippen LogP contribution in [-0.2, 0) is 0 Å². The normalized spacial score (nSPS) is 18.6. The van der Waals surface area contributed by atoms with Gasteiger partial charge in [0.25, 0.3) is 0 Å². The van der Waals surface area contributed by atoms with Gasteiger partial charge in [0.05, 0.1) is 0 Å². The summed E-state index contributed by atoms with van der Waals surface area (Å²) in [6.45, 7) is 6.99. The molecule has 0 spiro atoms. The lowest BCUT2D eigenvalue weighted by atomic mass is 9.95. The van der Waals surface area contributed by atoms with Gasteiger partial charge >= 0.3 is 0 Å². The first-order chi connectivity index (χ1) is 9.09. The second-order valence-corrected chi connectivity index (χ2v) is 8.07. The van der Waals surface area contributed by atoms with Crippen molar-refractivity contribution in [2.24, 2.45) is 5.41 Å². The van der Waals surface area contributed by atoms with Crippen molar-refractivity contribution in [3.8, 4) is 0 Å². The fourth-order valence-electron chi connectivity index (χ4n) is 2.55. The smallest absolute Gasteiger partial charge is 0.00327 e. The zero-order valence-electron chi connectivity index (χ0n) is 11.7. The monoisotopic (exact) mass is 266 g/mol. The summed E-state index contributed by atoms with van der Waals surface area (Å²) in [6.07, 6.45) is 0. The van der Waals surface area contributed by atoms with E-state index in [1.807, 2.05) is 0 Å². The standard InChI is InChI=1S/C18H19P/c1-18(2,3)17-16(14-10-6-4-7-11-14)19(17)15-12-8-5-9-13-15/h4-13H,1-3H3. The van der Waals surface area contributed by atoms with E-state index in [4.69, 9.17) is 0 Å². The Kier molecular flexibility index (Phi) is 3.07. The highest BCUT2D eigenvalue weighted by Crippen LogP contribution is 2.77. The van der Waals surface area contributed by atoms with E-state index in [0.29, 0.717) is 0 Å². The minimum Gasteiger partial charge on any atom is -0.0622 e. The van der Waals surface area contributed by atoms with Gasteiger partial charge < -0.3 is 0 Å². The molecule has 1 aliphatic heterocycles. The molecule has 1 atom stereocenters. The third-order valence-corrected chi connectivity index (χ3v) is 6.26. The van der Waals surface area contributed by atoms with Gasteiger partial charge in [-0.2, -0.15) is 0 Å². The van der Waals surface area contributed by atoms with Crippen LogP contribution < -0.4 is 5.30 Å². The van der Waals surface area contributed by atoms with Crippen LogP contribution in [0.2, 0.25) is 0 Å². The van der Waals surface area contributed by atoms with Gasteiger partial charge in [0.15, 0.2) is 0 Å². The lowest BCUT2D eigenvalue weighted by Gasteiger charge is -2.15. The van der Waals surface area contributed by atoms with Gasteiger partial charge in [-0.15, -0.1) is 0 Å². The molecule has 2 aromatic carbocycles. The second kappa shape index (κ2) is 4.62. The molecule has 2 aromatic rings. The van der Waals surface area contributed by atoms with Gasteiger partial charge in [0.1, 0.15) is 0 Å². The molecule has 19 heavy (non-hydrogen) atoms. The molecule has 0 bridgehead atoms. The van der Waals surface area contributed by atoms with Crippen LogP contribution in [0, 0.1) is 5.41 Å². The minimum absolute atomic E-state index is 0.203. The van der Waals surface area contributed by atoms with Crippen LogP contribution in [0.1, 0.15) is 26.3 Å². The molecule has 0 nitrogen and oxygen atoms in total. The summed E-state index contributed by atoms with van der Waals surface area (Å²) in [6, 6.07) is 21.8. The summed E-state index contributed by atoms with van der Waals surface area (Å²) < 4.78 is 0. The maximum absolute atomic E-state index is 2.33. The summed E-state index contributed by atoms with van der Waals surface area (Å²) in [7, 11) is -0.203. The lowest BCUT2D eigenvalue weighted by Crippen LogP contribution is -2.03. The van der Waals surface area contributed by atoms with E-state index < -0.39 is 0 Å². The van der Waals surface area contributed by atoms with E-state index in [9.17, 15) is 0 Å². The van der Waals surface area contributed by atoms with E-state index in [1.54, 1.807) is 10.6 Å². The summed E-state index contributed by atoms with van der Waals surface area (Å²) in [5.74, 6) is 0. The van der Waals surface area contributed by atoms with E-state index in [0.717, 1.165) is 0 Å². The van der Waals surface area contributed by atoms with Crippen molar-refractivity contribution < 1.29 is 0 Å². The Labute approximate surface area is 116 Å². The molecule has 1 heterocycles. The molecule has 1 unspecified atom stereocenters. The molecule has 3 rings (SSSR count). The molecule has 0 fully saturated rings. The van der Waals surface area contributed by atoms with Crippen molar-refractivity contribution in [2.45, 2.75) is 20.8 Å². The Balaban J connectivity index is 2.02. The molecule has 0 N–H and O–H groups in total. The summed E-state index contributed by atoms with van der Waals surface area (Å²) in [5.41, 5.74) is 1.68. The van der Waals surface area contributed by atoms with E-state index in [-0.39, 0.29) is 13.3 Å². The molecule has 96 valence electrons. The van der Waals surface area contributed by atoms with Crippen LogP contribution in [-0.4, -0.2) is 0 Å². The third-order valence-electron chi connectivity index (χ3n) is 3.39. The van der Waals surface area contributed by atoms with Crippen molar-refractivity contribution in [2.75, 3.05) is 0 Å². The highest BCUT2D eigenvalue weighted by Gasteiger charge is 2.44. The van der Waals surface area contributed by atoms with Crippen LogP contribution in [0.3, 0.4) is 0 Å². The number of hydrogen-bond acceptors (Lipinski definition) is 0. The molecule has 0 saturated heterocycles. The van der Waals surface area contributed by atoms with Crippen LogP contribution in [0.15, 0.2) is 66.0 Å². The van der Waals surface area contributed by atoms with Gasteiger partial charge in [0, 0.05) is 0 Å².